The third-order valence-corrected chi connectivity index (χ3v) is 4.17. The van der Waals surface area contributed by atoms with Crippen LogP contribution in [-0.2, 0) is 25.6 Å². The number of halogens is 2. The number of rotatable bonds is 5. The molecular formula is C15H19F2NO5S. The largest absolute Gasteiger partial charge is 0.445 e. The number of carbonyl (C=O) groups excluding carboxylic acids is 1. The molecule has 1 saturated carbocycles. The van der Waals surface area contributed by atoms with Crippen molar-refractivity contribution in [3.05, 3.63) is 35.9 Å². The molecule has 1 fully saturated rings. The van der Waals surface area contributed by atoms with E-state index in [2.05, 4.69) is 5.32 Å². The van der Waals surface area contributed by atoms with Crippen LogP contribution in [0.2, 0.25) is 0 Å². The van der Waals surface area contributed by atoms with E-state index < -0.39 is 47.1 Å². The summed E-state index contributed by atoms with van der Waals surface area (Å²) in [6.45, 7) is -0.0205. The molecular weight excluding hydrogens is 344 g/mol. The van der Waals surface area contributed by atoms with Crippen LogP contribution in [0.3, 0.4) is 0 Å². The van der Waals surface area contributed by atoms with Gasteiger partial charge in [-0.15, -0.1) is 0 Å². The second kappa shape index (κ2) is 7.43. The van der Waals surface area contributed by atoms with Crippen LogP contribution in [0.1, 0.15) is 24.8 Å². The quantitative estimate of drug-likeness (QED) is 0.813. The van der Waals surface area contributed by atoms with E-state index in [4.69, 9.17) is 8.92 Å². The van der Waals surface area contributed by atoms with Crippen molar-refractivity contribution in [3.8, 4) is 0 Å². The van der Waals surface area contributed by atoms with E-state index in [1.54, 1.807) is 30.3 Å². The molecule has 0 radical (unpaired) electrons. The fraction of sp³-hybridized carbons (Fsp3) is 0.533. The van der Waals surface area contributed by atoms with E-state index in [0.717, 1.165) is 11.8 Å². The van der Waals surface area contributed by atoms with E-state index in [9.17, 15) is 22.0 Å². The highest BCUT2D eigenvalue weighted by atomic mass is 32.2. The van der Waals surface area contributed by atoms with Gasteiger partial charge in [-0.2, -0.15) is 8.42 Å². The lowest BCUT2D eigenvalue weighted by molar-refractivity contribution is -0.0712. The number of alkyl halides is 2. The number of nitrogens with one attached hydrogen (secondary N) is 1. The predicted molar refractivity (Wildman–Crippen MR) is 82.1 cm³/mol. The second-order valence-electron chi connectivity index (χ2n) is 5.75. The van der Waals surface area contributed by atoms with Crippen molar-refractivity contribution >= 4 is 16.2 Å². The molecule has 0 aliphatic heterocycles. The molecule has 2 rings (SSSR count). The van der Waals surface area contributed by atoms with E-state index >= 15 is 0 Å². The fourth-order valence-electron chi connectivity index (χ4n) is 2.51. The van der Waals surface area contributed by atoms with E-state index in [-0.39, 0.29) is 13.0 Å². The normalized spacial score (nSPS) is 23.5. The maximum absolute atomic E-state index is 13.6. The minimum Gasteiger partial charge on any atom is -0.445 e. The van der Waals surface area contributed by atoms with E-state index in [1.165, 1.54) is 0 Å². The Kier molecular flexibility index (Phi) is 5.76. The SMILES string of the molecule is CS(=O)(=O)O[C@@H]1CCC(F)(F)C[C@@H]1NC(=O)OCc1ccccc1. The molecule has 1 aliphatic carbocycles. The molecule has 1 aromatic carbocycles. The average Bonchev–Trinajstić information content (AvgIpc) is 2.48. The van der Waals surface area contributed by atoms with Gasteiger partial charge in [0.15, 0.2) is 0 Å². The van der Waals surface area contributed by atoms with Gasteiger partial charge in [-0.3, -0.25) is 4.18 Å². The summed E-state index contributed by atoms with van der Waals surface area (Å²) >= 11 is 0. The molecule has 24 heavy (non-hydrogen) atoms. The summed E-state index contributed by atoms with van der Waals surface area (Å²) in [5.74, 6) is -2.99. The van der Waals surface area contributed by atoms with Crippen molar-refractivity contribution in [3.63, 3.8) is 0 Å². The van der Waals surface area contributed by atoms with Crippen LogP contribution in [0.25, 0.3) is 0 Å². The summed E-state index contributed by atoms with van der Waals surface area (Å²) < 4.78 is 59.4. The first-order valence-electron chi connectivity index (χ1n) is 7.38. The number of hydrogen-bond donors (Lipinski definition) is 1. The molecule has 0 bridgehead atoms. The van der Waals surface area contributed by atoms with Gasteiger partial charge in [-0.25, -0.2) is 13.6 Å². The third-order valence-electron chi connectivity index (χ3n) is 3.58. The van der Waals surface area contributed by atoms with Crippen molar-refractivity contribution in [1.29, 1.82) is 0 Å². The number of benzene rings is 1. The molecule has 0 saturated heterocycles. The molecule has 9 heteroatoms. The van der Waals surface area contributed by atoms with Crippen molar-refractivity contribution in [2.75, 3.05) is 6.26 Å². The molecule has 1 N–H and O–H groups in total. The monoisotopic (exact) mass is 363 g/mol. The summed E-state index contributed by atoms with van der Waals surface area (Å²) in [6, 6.07) is 7.70. The zero-order valence-corrected chi connectivity index (χ0v) is 13.9. The molecule has 6 nitrogen and oxygen atoms in total. The minimum atomic E-state index is -3.82. The summed E-state index contributed by atoms with van der Waals surface area (Å²) in [5.41, 5.74) is 0.741. The number of carbonyl (C=O) groups is 1. The number of alkyl carbamates (subject to hydrolysis) is 1. The van der Waals surface area contributed by atoms with Crippen molar-refractivity contribution < 1.29 is 30.9 Å². The first kappa shape index (κ1) is 18.6. The van der Waals surface area contributed by atoms with Crippen LogP contribution in [0.15, 0.2) is 30.3 Å². The lowest BCUT2D eigenvalue weighted by Gasteiger charge is -2.35. The lowest BCUT2D eigenvalue weighted by Crippen LogP contribution is -2.51. The summed E-state index contributed by atoms with van der Waals surface area (Å²) in [7, 11) is -3.82. The van der Waals surface area contributed by atoms with Crippen LogP contribution >= 0.6 is 0 Å². The van der Waals surface area contributed by atoms with Crippen LogP contribution in [0.4, 0.5) is 13.6 Å². The van der Waals surface area contributed by atoms with E-state index in [1.807, 2.05) is 0 Å². The maximum Gasteiger partial charge on any atom is 0.407 e. The van der Waals surface area contributed by atoms with Gasteiger partial charge in [0, 0.05) is 12.8 Å². The van der Waals surface area contributed by atoms with Gasteiger partial charge >= 0.3 is 6.09 Å². The Hall–Kier alpha value is -1.74. The number of hydrogen-bond acceptors (Lipinski definition) is 5. The molecule has 0 heterocycles. The van der Waals surface area contributed by atoms with Crippen molar-refractivity contribution in [2.24, 2.45) is 0 Å². The molecule has 0 aromatic heterocycles. The van der Waals surface area contributed by atoms with E-state index in [0.29, 0.717) is 0 Å². The molecule has 1 aliphatic rings. The number of amides is 1. The van der Waals surface area contributed by atoms with Gasteiger partial charge < -0.3 is 10.1 Å². The smallest absolute Gasteiger partial charge is 0.407 e. The Balaban J connectivity index is 1.95. The van der Waals surface area contributed by atoms with Gasteiger partial charge in [0.25, 0.3) is 10.1 Å². The van der Waals surface area contributed by atoms with Gasteiger partial charge in [-0.05, 0) is 12.0 Å². The van der Waals surface area contributed by atoms with Gasteiger partial charge in [0.2, 0.25) is 5.92 Å². The fourth-order valence-corrected chi connectivity index (χ4v) is 3.19. The summed E-state index contributed by atoms with van der Waals surface area (Å²) in [4.78, 5) is 11.8. The Morgan fingerprint density at radius 1 is 1.33 bits per heavy atom. The first-order valence-corrected chi connectivity index (χ1v) is 9.20. The lowest BCUT2D eigenvalue weighted by atomic mass is 9.89. The van der Waals surface area contributed by atoms with Crippen LogP contribution in [0, 0.1) is 0 Å². The molecule has 1 aromatic rings. The molecule has 0 spiro atoms. The average molecular weight is 363 g/mol. The highest BCUT2D eigenvalue weighted by Crippen LogP contribution is 2.35. The van der Waals surface area contributed by atoms with Crippen LogP contribution in [0.5, 0.6) is 0 Å². The molecule has 1 amide bonds. The zero-order chi connectivity index (χ0) is 17.8. The highest BCUT2D eigenvalue weighted by molar-refractivity contribution is 7.86. The summed E-state index contributed by atoms with van der Waals surface area (Å²) in [6.07, 6.45) is -2.47. The van der Waals surface area contributed by atoms with Gasteiger partial charge in [0.1, 0.15) is 6.61 Å². The number of ether oxygens (including phenoxy) is 1. The topological polar surface area (TPSA) is 81.7 Å². The standard InChI is InChI=1S/C15H19F2NO5S/c1-24(20,21)23-13-7-8-15(16,17)9-12(13)18-14(19)22-10-11-5-3-2-4-6-11/h2-6,12-13H,7-10H2,1H3,(H,18,19)/t12-,13+/m0/s1. The Labute approximate surface area is 139 Å². The molecule has 134 valence electrons. The van der Waals surface area contributed by atoms with Crippen molar-refractivity contribution in [2.45, 2.75) is 43.9 Å². The third kappa shape index (κ3) is 6.04. The maximum atomic E-state index is 13.6. The van der Waals surface area contributed by atoms with Gasteiger partial charge in [-0.1, -0.05) is 30.3 Å². The van der Waals surface area contributed by atoms with Crippen molar-refractivity contribution in [1.82, 2.24) is 5.32 Å². The minimum absolute atomic E-state index is 0.0205. The van der Waals surface area contributed by atoms with Gasteiger partial charge in [0.05, 0.1) is 18.4 Å². The zero-order valence-electron chi connectivity index (χ0n) is 13.1. The molecule has 0 unspecified atom stereocenters. The Morgan fingerprint density at radius 2 is 2.00 bits per heavy atom. The second-order valence-corrected chi connectivity index (χ2v) is 7.35. The van der Waals surface area contributed by atoms with Crippen LogP contribution in [-0.4, -0.2) is 38.8 Å². The summed E-state index contributed by atoms with van der Waals surface area (Å²) in [5, 5.41) is 2.29. The Bertz CT molecular complexity index is 666. The molecule has 2 atom stereocenters. The first-order chi connectivity index (χ1) is 11.1. The van der Waals surface area contributed by atoms with Crippen LogP contribution < -0.4 is 5.32 Å². The highest BCUT2D eigenvalue weighted by Gasteiger charge is 2.44. The predicted octanol–water partition coefficient (Wildman–Crippen LogP) is 2.45. The Morgan fingerprint density at radius 3 is 2.62 bits per heavy atom.